The average Bonchev–Trinajstić information content (AvgIpc) is 3.26. The molecule has 0 saturated carbocycles. The average molecular weight is 595 g/mol. The number of likely N-dealkylation sites (N-methyl/N-ethyl adjacent to an activating group) is 1. The minimum absolute atomic E-state index is 0.115. The fraction of sp³-hybridized carbons (Fsp3) is 0.481. The number of amides is 1. The Kier molecular flexibility index (Phi) is 9.92. The number of para-hydroxylation sites is 1. The summed E-state index contributed by atoms with van der Waals surface area (Å²) in [6.07, 6.45) is 1.13. The van der Waals surface area contributed by atoms with E-state index in [1.165, 1.54) is 50.9 Å². The highest BCUT2D eigenvalue weighted by molar-refractivity contribution is 7.91. The second-order valence-electron chi connectivity index (χ2n) is 10.8. The summed E-state index contributed by atoms with van der Waals surface area (Å²) in [5, 5.41) is 0.379. The van der Waals surface area contributed by atoms with E-state index in [1.54, 1.807) is 12.1 Å². The van der Waals surface area contributed by atoms with Crippen LogP contribution >= 0.6 is 11.3 Å². The summed E-state index contributed by atoms with van der Waals surface area (Å²) >= 11 is 1.24. The Morgan fingerprint density at radius 2 is 1.49 bits per heavy atom. The molecule has 214 valence electrons. The molecule has 0 N–H and O–H groups in total. The molecule has 0 fully saturated rings. The number of benzene rings is 2. The van der Waals surface area contributed by atoms with Gasteiger partial charge in [0.25, 0.3) is 5.91 Å². The van der Waals surface area contributed by atoms with Gasteiger partial charge in [0.1, 0.15) is 5.52 Å². The monoisotopic (exact) mass is 594 g/mol. The van der Waals surface area contributed by atoms with Crippen LogP contribution < -0.4 is 4.90 Å². The number of hydrogen-bond acceptors (Lipinski definition) is 8. The van der Waals surface area contributed by atoms with Crippen molar-refractivity contribution in [1.82, 2.24) is 14.2 Å². The summed E-state index contributed by atoms with van der Waals surface area (Å²) in [6.45, 7) is 9.60. The van der Waals surface area contributed by atoms with Crippen molar-refractivity contribution in [3.8, 4) is 0 Å². The van der Waals surface area contributed by atoms with E-state index >= 15 is 0 Å². The molecule has 1 heterocycles. The lowest BCUT2D eigenvalue weighted by atomic mass is 10.2. The number of fused-ring (bicyclic) bond motifs is 1. The molecule has 0 saturated heterocycles. The van der Waals surface area contributed by atoms with E-state index in [1.807, 2.05) is 46.7 Å². The van der Waals surface area contributed by atoms with Gasteiger partial charge in [0, 0.05) is 38.0 Å². The first kappa shape index (κ1) is 31.2. The molecule has 0 spiro atoms. The SMILES string of the molecule is CC(C)CN(CC(C)C)S(=O)(=O)c1ccc(C(=O)N(CCN(C)C)c2nc3c(S(C)(=O)=O)cccc3s2)cc1. The number of nitrogens with zero attached hydrogens (tertiary/aromatic N) is 4. The van der Waals surface area contributed by atoms with Crippen molar-refractivity contribution < 1.29 is 21.6 Å². The van der Waals surface area contributed by atoms with Gasteiger partial charge in [0.2, 0.25) is 10.0 Å². The molecule has 2 aromatic carbocycles. The van der Waals surface area contributed by atoms with Gasteiger partial charge < -0.3 is 4.90 Å². The highest BCUT2D eigenvalue weighted by Gasteiger charge is 2.28. The number of thiazole rings is 1. The van der Waals surface area contributed by atoms with Gasteiger partial charge in [-0.3, -0.25) is 9.69 Å². The Hall–Kier alpha value is -2.38. The lowest BCUT2D eigenvalue weighted by molar-refractivity contribution is 0.0985. The van der Waals surface area contributed by atoms with Crippen LogP contribution in [0.2, 0.25) is 0 Å². The predicted octanol–water partition coefficient (Wildman–Crippen LogP) is 4.21. The van der Waals surface area contributed by atoms with Crippen molar-refractivity contribution in [2.45, 2.75) is 37.5 Å². The van der Waals surface area contributed by atoms with Gasteiger partial charge in [0.05, 0.1) is 14.5 Å². The van der Waals surface area contributed by atoms with Gasteiger partial charge in [-0.25, -0.2) is 21.8 Å². The first-order valence-electron chi connectivity index (χ1n) is 12.8. The summed E-state index contributed by atoms with van der Waals surface area (Å²) in [5.41, 5.74) is 0.647. The first-order valence-corrected chi connectivity index (χ1v) is 16.9. The predicted molar refractivity (Wildman–Crippen MR) is 158 cm³/mol. The molecule has 12 heteroatoms. The Balaban J connectivity index is 1.99. The maximum atomic E-state index is 13.7. The molecule has 0 radical (unpaired) electrons. The molecule has 9 nitrogen and oxygen atoms in total. The molecular formula is C27H38N4O5S3. The maximum Gasteiger partial charge on any atom is 0.260 e. The van der Waals surface area contributed by atoms with Crippen molar-refractivity contribution in [2.24, 2.45) is 11.8 Å². The molecule has 1 aromatic heterocycles. The fourth-order valence-corrected chi connectivity index (χ4v) is 7.75. The van der Waals surface area contributed by atoms with Crippen LogP contribution in [0.3, 0.4) is 0 Å². The van der Waals surface area contributed by atoms with Crippen LogP contribution in [0.25, 0.3) is 10.2 Å². The lowest BCUT2D eigenvalue weighted by Crippen LogP contribution is -2.37. The molecule has 0 aliphatic heterocycles. The lowest BCUT2D eigenvalue weighted by Gasteiger charge is -2.26. The highest BCUT2D eigenvalue weighted by Crippen LogP contribution is 2.33. The second-order valence-corrected chi connectivity index (χ2v) is 15.7. The first-order chi connectivity index (χ1) is 18.1. The van der Waals surface area contributed by atoms with Gasteiger partial charge in [-0.05, 0) is 62.3 Å². The maximum absolute atomic E-state index is 13.7. The van der Waals surface area contributed by atoms with Crippen LogP contribution in [0.4, 0.5) is 5.13 Å². The number of hydrogen-bond donors (Lipinski definition) is 0. The normalized spacial score (nSPS) is 12.8. The van der Waals surface area contributed by atoms with E-state index in [4.69, 9.17) is 0 Å². The van der Waals surface area contributed by atoms with E-state index in [0.29, 0.717) is 47.1 Å². The fourth-order valence-electron chi connectivity index (χ4n) is 4.07. The summed E-state index contributed by atoms with van der Waals surface area (Å²) in [6, 6.07) is 10.9. The number of aromatic nitrogens is 1. The number of anilines is 1. The van der Waals surface area contributed by atoms with Crippen LogP contribution in [-0.2, 0) is 19.9 Å². The minimum Gasteiger partial charge on any atom is -0.308 e. The minimum atomic E-state index is -3.73. The molecule has 0 aliphatic rings. The molecule has 1 amide bonds. The van der Waals surface area contributed by atoms with Crippen molar-refractivity contribution in [1.29, 1.82) is 0 Å². The van der Waals surface area contributed by atoms with E-state index in [-0.39, 0.29) is 27.5 Å². The Morgan fingerprint density at radius 3 is 2.00 bits per heavy atom. The van der Waals surface area contributed by atoms with Gasteiger partial charge in [0.15, 0.2) is 15.0 Å². The smallest absolute Gasteiger partial charge is 0.260 e. The zero-order valence-corrected chi connectivity index (χ0v) is 26.0. The topological polar surface area (TPSA) is 108 Å². The van der Waals surface area contributed by atoms with Gasteiger partial charge in [-0.2, -0.15) is 4.31 Å². The number of sulfonamides is 1. The number of carbonyl (C=O) groups excluding carboxylic acids is 1. The molecule has 3 aromatic rings. The zero-order valence-electron chi connectivity index (χ0n) is 23.6. The molecule has 0 atom stereocenters. The molecule has 0 bridgehead atoms. The van der Waals surface area contributed by atoms with Gasteiger partial charge >= 0.3 is 0 Å². The van der Waals surface area contributed by atoms with Gasteiger partial charge in [-0.1, -0.05) is 45.1 Å². The Morgan fingerprint density at radius 1 is 0.897 bits per heavy atom. The Bertz CT molecular complexity index is 1500. The summed E-state index contributed by atoms with van der Waals surface area (Å²) in [5.74, 6) is -0.00900. The third-order valence-electron chi connectivity index (χ3n) is 5.89. The summed E-state index contributed by atoms with van der Waals surface area (Å²) < 4.78 is 53.6. The number of sulfone groups is 1. The van der Waals surface area contributed by atoms with E-state index < -0.39 is 19.9 Å². The van der Waals surface area contributed by atoms with Gasteiger partial charge in [-0.15, -0.1) is 0 Å². The van der Waals surface area contributed by atoms with Crippen LogP contribution in [0, 0.1) is 11.8 Å². The van der Waals surface area contributed by atoms with Crippen molar-refractivity contribution in [3.05, 3.63) is 48.0 Å². The van der Waals surface area contributed by atoms with Crippen LogP contribution in [0.5, 0.6) is 0 Å². The molecular weight excluding hydrogens is 557 g/mol. The van der Waals surface area contributed by atoms with Crippen molar-refractivity contribution in [3.63, 3.8) is 0 Å². The number of rotatable bonds is 12. The van der Waals surface area contributed by atoms with E-state index in [9.17, 15) is 21.6 Å². The molecule has 3 rings (SSSR count). The third-order valence-corrected chi connectivity index (χ3v) is 9.91. The zero-order chi connectivity index (χ0) is 29.1. The second kappa shape index (κ2) is 12.4. The third kappa shape index (κ3) is 7.63. The standard InChI is InChI=1S/C27H38N4O5S3/c1-19(2)17-30(18-20(3)4)39(35,36)22-13-11-21(12-14-22)26(32)31(16-15-29(5)6)27-28-25-23(37-27)9-8-10-24(25)38(7,33)34/h8-14,19-20H,15-18H2,1-7H3. The molecule has 0 aliphatic carbocycles. The largest absolute Gasteiger partial charge is 0.308 e. The van der Waals surface area contributed by atoms with E-state index in [2.05, 4.69) is 4.98 Å². The summed E-state index contributed by atoms with van der Waals surface area (Å²) in [7, 11) is -3.46. The molecule has 39 heavy (non-hydrogen) atoms. The van der Waals surface area contributed by atoms with Crippen molar-refractivity contribution >= 4 is 52.5 Å². The van der Waals surface area contributed by atoms with Crippen LogP contribution in [0.15, 0.2) is 52.3 Å². The quantitative estimate of drug-likeness (QED) is 0.309. The van der Waals surface area contributed by atoms with Crippen molar-refractivity contribution in [2.75, 3.05) is 51.4 Å². The highest BCUT2D eigenvalue weighted by atomic mass is 32.2. The van der Waals surface area contributed by atoms with Crippen LogP contribution in [-0.4, -0.2) is 83.5 Å². The summed E-state index contributed by atoms with van der Waals surface area (Å²) in [4.78, 5) is 22.0. The molecule has 0 unspecified atom stereocenters. The van der Waals surface area contributed by atoms with E-state index in [0.717, 1.165) is 6.26 Å². The van der Waals surface area contributed by atoms with Crippen LogP contribution in [0.1, 0.15) is 38.1 Å². The number of carbonyl (C=O) groups is 1. The Labute approximate surface area is 236 Å².